The van der Waals surface area contributed by atoms with Gasteiger partial charge in [-0.3, -0.25) is 4.79 Å². The maximum atomic E-state index is 11.3. The summed E-state index contributed by atoms with van der Waals surface area (Å²) in [7, 11) is 1.60. The fourth-order valence-electron chi connectivity index (χ4n) is 1.37. The second kappa shape index (κ2) is 5.89. The summed E-state index contributed by atoms with van der Waals surface area (Å²) in [6, 6.07) is 0. The lowest BCUT2D eigenvalue weighted by atomic mass is 10.3. The Morgan fingerprint density at radius 3 is 2.75 bits per heavy atom. The highest BCUT2D eigenvalue weighted by atomic mass is 16.1. The van der Waals surface area contributed by atoms with E-state index in [4.69, 9.17) is 5.73 Å². The van der Waals surface area contributed by atoms with Gasteiger partial charge in [-0.05, 0) is 6.42 Å². The van der Waals surface area contributed by atoms with Crippen LogP contribution in [-0.2, 0) is 4.79 Å². The van der Waals surface area contributed by atoms with Gasteiger partial charge in [-0.25, -0.2) is 9.97 Å². The molecule has 0 atom stereocenters. The van der Waals surface area contributed by atoms with Crippen molar-refractivity contribution < 1.29 is 4.79 Å². The van der Waals surface area contributed by atoms with Gasteiger partial charge in [0.15, 0.2) is 11.6 Å². The van der Waals surface area contributed by atoms with E-state index in [0.717, 1.165) is 13.0 Å². The van der Waals surface area contributed by atoms with Crippen LogP contribution in [0.4, 0.5) is 11.6 Å². The molecule has 88 valence electrons. The number of aromatic nitrogens is 2. The minimum atomic E-state index is -0.0708. The van der Waals surface area contributed by atoms with E-state index >= 15 is 0 Å². The molecule has 0 aliphatic rings. The Morgan fingerprint density at radius 2 is 2.19 bits per heavy atom. The first-order valence-corrected chi connectivity index (χ1v) is 5.21. The van der Waals surface area contributed by atoms with Crippen LogP contribution in [0.3, 0.4) is 0 Å². The van der Waals surface area contributed by atoms with Crippen molar-refractivity contribution in [2.45, 2.75) is 13.3 Å². The average molecular weight is 223 g/mol. The van der Waals surface area contributed by atoms with Gasteiger partial charge in [-0.15, -0.1) is 0 Å². The number of nitrogens with zero attached hydrogens (tertiary/aromatic N) is 3. The highest BCUT2D eigenvalue weighted by molar-refractivity contribution is 5.81. The van der Waals surface area contributed by atoms with Gasteiger partial charge in [0, 0.05) is 26.0 Å². The molecule has 0 saturated carbocycles. The Balaban J connectivity index is 2.85. The van der Waals surface area contributed by atoms with Gasteiger partial charge >= 0.3 is 0 Å². The molecule has 1 heterocycles. The zero-order valence-electron chi connectivity index (χ0n) is 9.60. The third-order valence-corrected chi connectivity index (χ3v) is 2.11. The van der Waals surface area contributed by atoms with E-state index in [1.807, 2.05) is 11.8 Å². The smallest absolute Gasteiger partial charge is 0.239 e. The number of hydrogen-bond donors (Lipinski definition) is 2. The number of nitrogens with one attached hydrogen (secondary N) is 1. The molecule has 1 rings (SSSR count). The molecule has 0 saturated heterocycles. The fourth-order valence-corrected chi connectivity index (χ4v) is 1.37. The van der Waals surface area contributed by atoms with Crippen molar-refractivity contribution in [2.24, 2.45) is 0 Å². The molecule has 0 unspecified atom stereocenters. The van der Waals surface area contributed by atoms with E-state index < -0.39 is 0 Å². The van der Waals surface area contributed by atoms with E-state index in [9.17, 15) is 4.79 Å². The largest absolute Gasteiger partial charge is 0.381 e. The van der Waals surface area contributed by atoms with Gasteiger partial charge in [-0.1, -0.05) is 6.92 Å². The molecule has 6 heteroatoms. The number of nitrogens with two attached hydrogens (primary N) is 1. The summed E-state index contributed by atoms with van der Waals surface area (Å²) in [4.78, 5) is 21.3. The van der Waals surface area contributed by atoms with Gasteiger partial charge in [0.1, 0.15) is 0 Å². The molecule has 0 radical (unpaired) electrons. The summed E-state index contributed by atoms with van der Waals surface area (Å²) in [5, 5.41) is 2.57. The number of likely N-dealkylation sites (N-methyl/N-ethyl adjacent to an activating group) is 1. The molecule has 3 N–H and O–H groups in total. The molecule has 1 amide bonds. The first-order valence-electron chi connectivity index (χ1n) is 5.21. The number of hydrogen-bond acceptors (Lipinski definition) is 5. The number of anilines is 2. The molecule has 6 nitrogen and oxygen atoms in total. The molecule has 0 spiro atoms. The zero-order chi connectivity index (χ0) is 12.0. The van der Waals surface area contributed by atoms with E-state index in [-0.39, 0.29) is 12.5 Å². The fraction of sp³-hybridized carbons (Fsp3) is 0.500. The van der Waals surface area contributed by atoms with Crippen molar-refractivity contribution in [3.8, 4) is 0 Å². The van der Waals surface area contributed by atoms with E-state index in [1.54, 1.807) is 13.2 Å². The lowest BCUT2D eigenvalue weighted by Gasteiger charge is -2.22. The Morgan fingerprint density at radius 1 is 1.50 bits per heavy atom. The summed E-state index contributed by atoms with van der Waals surface area (Å²) in [5.74, 6) is 0.839. The SMILES string of the molecule is CCCN(CC(=O)NC)c1nccnc1N. The van der Waals surface area contributed by atoms with Crippen LogP contribution >= 0.6 is 0 Å². The van der Waals surface area contributed by atoms with Crippen LogP contribution in [-0.4, -0.2) is 36.0 Å². The molecule has 1 aromatic heterocycles. The Hall–Kier alpha value is -1.85. The summed E-state index contributed by atoms with van der Waals surface area (Å²) in [6.45, 7) is 2.99. The summed E-state index contributed by atoms with van der Waals surface area (Å²) >= 11 is 0. The molecule has 0 fully saturated rings. The maximum Gasteiger partial charge on any atom is 0.239 e. The predicted octanol–water partition coefficient (Wildman–Crippen LogP) is 0.0212. The van der Waals surface area contributed by atoms with Crippen molar-refractivity contribution in [1.29, 1.82) is 0 Å². The number of carbonyl (C=O) groups is 1. The minimum absolute atomic E-state index is 0.0708. The van der Waals surface area contributed by atoms with Gasteiger partial charge in [-0.2, -0.15) is 0 Å². The van der Waals surface area contributed by atoms with Crippen LogP contribution < -0.4 is 16.0 Å². The van der Waals surface area contributed by atoms with Crippen LogP contribution in [0.5, 0.6) is 0 Å². The maximum absolute atomic E-state index is 11.3. The highest BCUT2D eigenvalue weighted by Gasteiger charge is 2.13. The van der Waals surface area contributed by atoms with Crippen LogP contribution in [0.2, 0.25) is 0 Å². The number of carbonyl (C=O) groups excluding carboxylic acids is 1. The number of amides is 1. The lowest BCUT2D eigenvalue weighted by molar-refractivity contribution is -0.119. The normalized spacial score (nSPS) is 9.88. The van der Waals surface area contributed by atoms with Crippen molar-refractivity contribution in [2.75, 3.05) is 30.8 Å². The van der Waals surface area contributed by atoms with Crippen molar-refractivity contribution in [3.63, 3.8) is 0 Å². The average Bonchev–Trinajstić information content (AvgIpc) is 2.29. The lowest BCUT2D eigenvalue weighted by Crippen LogP contribution is -2.37. The van der Waals surface area contributed by atoms with Gasteiger partial charge < -0.3 is 16.0 Å². The van der Waals surface area contributed by atoms with Gasteiger partial charge in [0.25, 0.3) is 0 Å². The molecular weight excluding hydrogens is 206 g/mol. The Bertz CT molecular complexity index is 355. The van der Waals surface area contributed by atoms with E-state index in [1.165, 1.54) is 6.20 Å². The highest BCUT2D eigenvalue weighted by Crippen LogP contribution is 2.16. The molecule has 0 aromatic carbocycles. The summed E-state index contributed by atoms with van der Waals surface area (Å²) < 4.78 is 0. The molecule has 16 heavy (non-hydrogen) atoms. The summed E-state index contributed by atoms with van der Waals surface area (Å²) in [6.07, 6.45) is 4.01. The van der Waals surface area contributed by atoms with Crippen molar-refractivity contribution in [1.82, 2.24) is 15.3 Å². The second-order valence-electron chi connectivity index (χ2n) is 3.36. The van der Waals surface area contributed by atoms with Crippen LogP contribution in [0.25, 0.3) is 0 Å². The first kappa shape index (κ1) is 12.2. The molecule has 0 aliphatic carbocycles. The molecule has 0 aliphatic heterocycles. The first-order chi connectivity index (χ1) is 7.69. The monoisotopic (exact) mass is 223 g/mol. The standard InChI is InChI=1S/C10H17N5O/c1-3-6-15(7-8(16)12-2)10-9(11)13-4-5-14-10/h4-5H,3,6-7H2,1-2H3,(H2,11,13)(H,12,16). The van der Waals surface area contributed by atoms with Crippen molar-refractivity contribution in [3.05, 3.63) is 12.4 Å². The van der Waals surface area contributed by atoms with Gasteiger partial charge in [0.2, 0.25) is 5.91 Å². The van der Waals surface area contributed by atoms with Gasteiger partial charge in [0.05, 0.1) is 6.54 Å². The minimum Gasteiger partial charge on any atom is -0.381 e. The van der Waals surface area contributed by atoms with Crippen LogP contribution in [0.1, 0.15) is 13.3 Å². The molecule has 0 bridgehead atoms. The molecular formula is C10H17N5O. The zero-order valence-corrected chi connectivity index (χ0v) is 9.60. The second-order valence-corrected chi connectivity index (χ2v) is 3.36. The predicted molar refractivity (Wildman–Crippen MR) is 63.0 cm³/mol. The summed E-state index contributed by atoms with van der Waals surface area (Å²) in [5.41, 5.74) is 5.72. The van der Waals surface area contributed by atoms with Crippen LogP contribution in [0, 0.1) is 0 Å². The Labute approximate surface area is 94.9 Å². The Kier molecular flexibility index (Phi) is 4.50. The van der Waals surface area contributed by atoms with E-state index in [2.05, 4.69) is 15.3 Å². The topological polar surface area (TPSA) is 84.1 Å². The van der Waals surface area contributed by atoms with Crippen molar-refractivity contribution >= 4 is 17.5 Å². The number of nitrogen functional groups attached to an aromatic ring is 1. The quantitative estimate of drug-likeness (QED) is 0.735. The third-order valence-electron chi connectivity index (χ3n) is 2.11. The third kappa shape index (κ3) is 3.08. The number of rotatable bonds is 5. The van der Waals surface area contributed by atoms with Crippen LogP contribution in [0.15, 0.2) is 12.4 Å². The van der Waals surface area contributed by atoms with E-state index in [0.29, 0.717) is 11.6 Å². The molecule has 1 aromatic rings.